The Morgan fingerprint density at radius 3 is 2.84 bits per heavy atom. The van der Waals surface area contributed by atoms with E-state index in [2.05, 4.69) is 30.1 Å². The first-order valence-electron chi connectivity index (χ1n) is 7.85. The summed E-state index contributed by atoms with van der Waals surface area (Å²) >= 11 is 0. The van der Waals surface area contributed by atoms with Crippen molar-refractivity contribution in [1.29, 1.82) is 0 Å². The van der Waals surface area contributed by atoms with Crippen molar-refractivity contribution in [3.05, 3.63) is 23.7 Å². The summed E-state index contributed by atoms with van der Waals surface area (Å²) < 4.78 is 5.70. The number of unbranched alkanes of at least 4 members (excludes halogenated alkanes) is 1. The lowest BCUT2D eigenvalue weighted by atomic mass is 10.2. The van der Waals surface area contributed by atoms with E-state index in [-0.39, 0.29) is 0 Å². The van der Waals surface area contributed by atoms with Crippen LogP contribution < -0.4 is 5.32 Å². The monoisotopic (exact) mass is 264 g/mol. The number of rotatable bonds is 10. The molecule has 0 aromatic carbocycles. The standard InChI is InChI=1S/C16H28N2O/c1-3-5-10-18(15-6-7-15)13-16-14(8-11-19-16)12-17-9-4-2/h8,11,15,17H,3-7,9-10,12-13H2,1-2H3. The van der Waals surface area contributed by atoms with E-state index in [1.807, 2.05) is 6.26 Å². The molecule has 3 nitrogen and oxygen atoms in total. The third kappa shape index (κ3) is 4.66. The summed E-state index contributed by atoms with van der Waals surface area (Å²) in [5, 5.41) is 3.46. The molecule has 0 aliphatic heterocycles. The van der Waals surface area contributed by atoms with E-state index >= 15 is 0 Å². The molecule has 0 spiro atoms. The molecule has 108 valence electrons. The minimum atomic E-state index is 0.813. The zero-order valence-corrected chi connectivity index (χ0v) is 12.5. The SMILES string of the molecule is CCCCN(Cc1occc1CNCCC)C1CC1. The Morgan fingerprint density at radius 2 is 2.16 bits per heavy atom. The van der Waals surface area contributed by atoms with Gasteiger partial charge in [0.05, 0.1) is 12.8 Å². The molecule has 2 rings (SSSR count). The zero-order chi connectivity index (χ0) is 13.5. The van der Waals surface area contributed by atoms with Crippen LogP contribution in [-0.4, -0.2) is 24.0 Å². The molecule has 0 saturated heterocycles. The molecule has 1 aromatic rings. The van der Waals surface area contributed by atoms with Gasteiger partial charge in [0.1, 0.15) is 5.76 Å². The van der Waals surface area contributed by atoms with Gasteiger partial charge in [-0.25, -0.2) is 0 Å². The fraction of sp³-hybridized carbons (Fsp3) is 0.750. The van der Waals surface area contributed by atoms with Gasteiger partial charge in [-0.05, 0) is 44.8 Å². The predicted molar refractivity (Wildman–Crippen MR) is 79.0 cm³/mol. The highest BCUT2D eigenvalue weighted by atomic mass is 16.3. The molecule has 19 heavy (non-hydrogen) atoms. The third-order valence-corrected chi connectivity index (χ3v) is 3.79. The Bertz CT molecular complexity index is 357. The van der Waals surface area contributed by atoms with Crippen LogP contribution in [0.4, 0.5) is 0 Å². The first-order valence-corrected chi connectivity index (χ1v) is 7.85. The Kier molecular flexibility index (Phi) is 5.93. The van der Waals surface area contributed by atoms with Gasteiger partial charge in [-0.1, -0.05) is 20.3 Å². The van der Waals surface area contributed by atoms with Gasteiger partial charge in [0.15, 0.2) is 0 Å². The first-order chi connectivity index (χ1) is 9.35. The Balaban J connectivity index is 1.87. The van der Waals surface area contributed by atoms with Crippen molar-refractivity contribution in [3.63, 3.8) is 0 Å². The molecule has 1 aliphatic rings. The van der Waals surface area contributed by atoms with Crippen molar-refractivity contribution in [2.24, 2.45) is 0 Å². The summed E-state index contributed by atoms with van der Waals surface area (Å²) in [7, 11) is 0. The van der Waals surface area contributed by atoms with Crippen LogP contribution in [-0.2, 0) is 13.1 Å². The maximum absolute atomic E-state index is 5.70. The predicted octanol–water partition coefficient (Wildman–Crippen LogP) is 3.54. The minimum Gasteiger partial charge on any atom is -0.468 e. The van der Waals surface area contributed by atoms with E-state index < -0.39 is 0 Å². The van der Waals surface area contributed by atoms with Crippen LogP contribution in [0.2, 0.25) is 0 Å². The van der Waals surface area contributed by atoms with E-state index in [4.69, 9.17) is 4.42 Å². The highest BCUT2D eigenvalue weighted by Gasteiger charge is 2.29. The number of furan rings is 1. The van der Waals surface area contributed by atoms with Crippen LogP contribution in [0.3, 0.4) is 0 Å². The van der Waals surface area contributed by atoms with Crippen LogP contribution in [0.25, 0.3) is 0 Å². The van der Waals surface area contributed by atoms with Gasteiger partial charge in [0.2, 0.25) is 0 Å². The number of hydrogen-bond acceptors (Lipinski definition) is 3. The molecule has 3 heteroatoms. The van der Waals surface area contributed by atoms with Crippen LogP contribution in [0.1, 0.15) is 57.3 Å². The van der Waals surface area contributed by atoms with Crippen molar-refractivity contribution in [1.82, 2.24) is 10.2 Å². The quantitative estimate of drug-likeness (QED) is 0.655. The van der Waals surface area contributed by atoms with Crippen molar-refractivity contribution < 1.29 is 4.42 Å². The third-order valence-electron chi connectivity index (χ3n) is 3.79. The zero-order valence-electron chi connectivity index (χ0n) is 12.5. The largest absolute Gasteiger partial charge is 0.468 e. The summed E-state index contributed by atoms with van der Waals surface area (Å²) in [6.07, 6.45) is 8.32. The molecule has 0 bridgehead atoms. The van der Waals surface area contributed by atoms with E-state index in [1.165, 1.54) is 44.2 Å². The van der Waals surface area contributed by atoms with Gasteiger partial charge in [0, 0.05) is 18.2 Å². The lowest BCUT2D eigenvalue weighted by Gasteiger charge is -2.21. The molecule has 0 amide bonds. The normalized spacial score (nSPS) is 15.3. The second kappa shape index (κ2) is 7.71. The van der Waals surface area contributed by atoms with Crippen LogP contribution in [0, 0.1) is 0 Å². The van der Waals surface area contributed by atoms with Crippen molar-refractivity contribution in [2.75, 3.05) is 13.1 Å². The first kappa shape index (κ1) is 14.6. The van der Waals surface area contributed by atoms with Gasteiger partial charge in [-0.15, -0.1) is 0 Å². The molecule has 1 aromatic heterocycles. The minimum absolute atomic E-state index is 0.813. The molecule has 1 aliphatic carbocycles. The van der Waals surface area contributed by atoms with Gasteiger partial charge in [-0.3, -0.25) is 4.90 Å². The maximum Gasteiger partial charge on any atom is 0.122 e. The lowest BCUT2D eigenvalue weighted by Crippen LogP contribution is -2.27. The Labute approximate surface area is 117 Å². The van der Waals surface area contributed by atoms with Gasteiger partial charge in [-0.2, -0.15) is 0 Å². The second-order valence-corrected chi connectivity index (χ2v) is 5.60. The molecule has 1 saturated carbocycles. The number of nitrogens with one attached hydrogen (secondary N) is 1. The molecule has 1 fully saturated rings. The Hall–Kier alpha value is -0.800. The van der Waals surface area contributed by atoms with Crippen LogP contribution in [0.5, 0.6) is 0 Å². The van der Waals surface area contributed by atoms with Crippen LogP contribution >= 0.6 is 0 Å². The summed E-state index contributed by atoms with van der Waals surface area (Å²) in [5.74, 6) is 1.16. The van der Waals surface area contributed by atoms with Crippen molar-refractivity contribution in [3.8, 4) is 0 Å². The van der Waals surface area contributed by atoms with Gasteiger partial charge < -0.3 is 9.73 Å². The molecule has 1 N–H and O–H groups in total. The van der Waals surface area contributed by atoms with E-state index in [0.717, 1.165) is 31.4 Å². The molecule has 1 heterocycles. The summed E-state index contributed by atoms with van der Waals surface area (Å²) in [4.78, 5) is 2.60. The van der Waals surface area contributed by atoms with Crippen molar-refractivity contribution >= 4 is 0 Å². The Morgan fingerprint density at radius 1 is 1.32 bits per heavy atom. The molecular weight excluding hydrogens is 236 g/mol. The average Bonchev–Trinajstić information content (AvgIpc) is 3.17. The van der Waals surface area contributed by atoms with Gasteiger partial charge in [0.25, 0.3) is 0 Å². The fourth-order valence-electron chi connectivity index (χ4n) is 2.44. The highest BCUT2D eigenvalue weighted by molar-refractivity contribution is 5.17. The highest BCUT2D eigenvalue weighted by Crippen LogP contribution is 2.29. The molecule has 0 radical (unpaired) electrons. The van der Waals surface area contributed by atoms with Gasteiger partial charge >= 0.3 is 0 Å². The molecule has 0 atom stereocenters. The van der Waals surface area contributed by atoms with E-state index in [0.29, 0.717) is 0 Å². The van der Waals surface area contributed by atoms with Crippen LogP contribution in [0.15, 0.2) is 16.7 Å². The smallest absolute Gasteiger partial charge is 0.122 e. The second-order valence-electron chi connectivity index (χ2n) is 5.60. The average molecular weight is 264 g/mol. The number of hydrogen-bond donors (Lipinski definition) is 1. The van der Waals surface area contributed by atoms with Crippen molar-refractivity contribution in [2.45, 2.75) is 65.1 Å². The summed E-state index contributed by atoms with van der Waals surface area (Å²) in [5.41, 5.74) is 1.33. The van der Waals surface area contributed by atoms with E-state index in [9.17, 15) is 0 Å². The summed E-state index contributed by atoms with van der Waals surface area (Å²) in [6.45, 7) is 8.67. The fourth-order valence-corrected chi connectivity index (χ4v) is 2.44. The number of nitrogens with zero attached hydrogens (tertiary/aromatic N) is 1. The maximum atomic E-state index is 5.70. The molecular formula is C16H28N2O. The summed E-state index contributed by atoms with van der Waals surface area (Å²) in [6, 6.07) is 2.93. The molecule has 0 unspecified atom stereocenters. The topological polar surface area (TPSA) is 28.4 Å². The lowest BCUT2D eigenvalue weighted by molar-refractivity contribution is 0.229. The van der Waals surface area contributed by atoms with E-state index in [1.54, 1.807) is 0 Å².